The molecule has 0 spiro atoms. The molecule has 2 rings (SSSR count). The molecule has 1 fully saturated rings. The lowest BCUT2D eigenvalue weighted by molar-refractivity contribution is 0.0952. The Bertz CT molecular complexity index is 447. The van der Waals surface area contributed by atoms with E-state index in [1.165, 1.54) is 31.7 Å². The molecule has 1 amide bonds. The first kappa shape index (κ1) is 14.3. The Hall–Kier alpha value is -1.10. The van der Waals surface area contributed by atoms with Gasteiger partial charge in [0.15, 0.2) is 0 Å². The molecule has 5 heteroatoms. The lowest BCUT2D eigenvalue weighted by Gasteiger charge is -2.09. The highest BCUT2D eigenvalue weighted by atomic mass is 32.2. The fourth-order valence-corrected chi connectivity index (χ4v) is 3.43. The molecule has 1 N–H and O–H groups in total. The van der Waals surface area contributed by atoms with Crippen LogP contribution in [-0.4, -0.2) is 23.5 Å². The minimum Gasteiger partial charge on any atom is -0.351 e. The number of hydrogen-bond acceptors (Lipinski definition) is 2. The van der Waals surface area contributed by atoms with Crippen molar-refractivity contribution < 1.29 is 13.6 Å². The van der Waals surface area contributed by atoms with Crippen LogP contribution in [0.1, 0.15) is 36.0 Å². The Morgan fingerprint density at radius 2 is 2.05 bits per heavy atom. The first-order chi connectivity index (χ1) is 9.16. The number of hydrogen-bond donors (Lipinski definition) is 1. The van der Waals surface area contributed by atoms with Crippen LogP contribution in [0.15, 0.2) is 18.2 Å². The van der Waals surface area contributed by atoms with Crippen LogP contribution in [-0.2, 0) is 0 Å². The summed E-state index contributed by atoms with van der Waals surface area (Å²) in [7, 11) is 0. The SMILES string of the molecule is O=C(NCCSC1CCCC1)c1ccc(F)cc1F. The third-order valence-electron chi connectivity index (χ3n) is 3.22. The molecule has 0 aromatic heterocycles. The van der Waals surface area contributed by atoms with E-state index in [1.54, 1.807) is 0 Å². The second-order valence-electron chi connectivity index (χ2n) is 4.66. The largest absolute Gasteiger partial charge is 0.351 e. The van der Waals surface area contributed by atoms with E-state index in [2.05, 4.69) is 5.32 Å². The predicted octanol–water partition coefficient (Wildman–Crippen LogP) is 3.37. The number of carbonyl (C=O) groups excluding carboxylic acids is 1. The number of benzene rings is 1. The van der Waals surface area contributed by atoms with Gasteiger partial charge in [0.25, 0.3) is 5.91 Å². The Labute approximate surface area is 116 Å². The molecule has 1 saturated carbocycles. The molecular weight excluding hydrogens is 268 g/mol. The van der Waals surface area contributed by atoms with Crippen LogP contribution in [0.3, 0.4) is 0 Å². The van der Waals surface area contributed by atoms with Gasteiger partial charge in [0.1, 0.15) is 11.6 Å². The zero-order valence-corrected chi connectivity index (χ0v) is 11.4. The molecule has 1 aliphatic rings. The maximum absolute atomic E-state index is 13.3. The Kier molecular flexibility index (Phi) is 5.19. The van der Waals surface area contributed by atoms with Crippen LogP contribution in [0.25, 0.3) is 0 Å². The highest BCUT2D eigenvalue weighted by molar-refractivity contribution is 7.99. The molecule has 1 aromatic carbocycles. The maximum atomic E-state index is 13.3. The summed E-state index contributed by atoms with van der Waals surface area (Å²) >= 11 is 1.86. The van der Waals surface area contributed by atoms with Gasteiger partial charge in [-0.3, -0.25) is 4.79 Å². The number of amides is 1. The number of thioether (sulfide) groups is 1. The molecule has 19 heavy (non-hydrogen) atoms. The predicted molar refractivity (Wildman–Crippen MR) is 73.4 cm³/mol. The fraction of sp³-hybridized carbons (Fsp3) is 0.500. The van der Waals surface area contributed by atoms with Crippen molar-refractivity contribution in [3.8, 4) is 0 Å². The van der Waals surface area contributed by atoms with Gasteiger partial charge < -0.3 is 5.32 Å². The molecule has 104 valence electrons. The van der Waals surface area contributed by atoms with Crippen molar-refractivity contribution in [1.82, 2.24) is 5.32 Å². The van der Waals surface area contributed by atoms with Crippen molar-refractivity contribution in [3.63, 3.8) is 0 Å². The van der Waals surface area contributed by atoms with Crippen molar-refractivity contribution in [2.75, 3.05) is 12.3 Å². The molecule has 1 aliphatic carbocycles. The van der Waals surface area contributed by atoms with Crippen molar-refractivity contribution in [1.29, 1.82) is 0 Å². The number of carbonyl (C=O) groups is 1. The summed E-state index contributed by atoms with van der Waals surface area (Å²) < 4.78 is 26.1. The molecule has 0 heterocycles. The van der Waals surface area contributed by atoms with E-state index in [-0.39, 0.29) is 5.56 Å². The molecule has 1 aromatic rings. The van der Waals surface area contributed by atoms with Gasteiger partial charge in [-0.25, -0.2) is 8.78 Å². The second kappa shape index (κ2) is 6.89. The molecule has 0 unspecified atom stereocenters. The van der Waals surface area contributed by atoms with E-state index in [0.717, 1.165) is 17.9 Å². The maximum Gasteiger partial charge on any atom is 0.254 e. The zero-order valence-electron chi connectivity index (χ0n) is 10.6. The Morgan fingerprint density at radius 3 is 2.74 bits per heavy atom. The van der Waals surface area contributed by atoms with Gasteiger partial charge >= 0.3 is 0 Å². The van der Waals surface area contributed by atoms with Gasteiger partial charge in [-0.1, -0.05) is 12.8 Å². The van der Waals surface area contributed by atoms with Gasteiger partial charge in [0, 0.05) is 23.6 Å². The number of nitrogens with one attached hydrogen (secondary N) is 1. The summed E-state index contributed by atoms with van der Waals surface area (Å²) in [6, 6.07) is 2.98. The van der Waals surface area contributed by atoms with Crippen molar-refractivity contribution in [2.45, 2.75) is 30.9 Å². The van der Waals surface area contributed by atoms with Gasteiger partial charge in [-0.2, -0.15) is 11.8 Å². The van der Waals surface area contributed by atoms with E-state index in [1.807, 2.05) is 11.8 Å². The Balaban J connectivity index is 1.74. The van der Waals surface area contributed by atoms with Gasteiger partial charge in [0.2, 0.25) is 0 Å². The van der Waals surface area contributed by atoms with Crippen LogP contribution < -0.4 is 5.32 Å². The summed E-state index contributed by atoms with van der Waals surface area (Å²) in [5.74, 6) is -1.14. The van der Waals surface area contributed by atoms with Crippen LogP contribution in [0, 0.1) is 11.6 Å². The third kappa shape index (κ3) is 4.20. The van der Waals surface area contributed by atoms with Crippen LogP contribution in [0.5, 0.6) is 0 Å². The first-order valence-electron chi connectivity index (χ1n) is 6.51. The van der Waals surface area contributed by atoms with Crippen LogP contribution >= 0.6 is 11.8 Å². The van der Waals surface area contributed by atoms with E-state index in [9.17, 15) is 13.6 Å². The Morgan fingerprint density at radius 1 is 1.32 bits per heavy atom. The first-order valence-corrected chi connectivity index (χ1v) is 7.56. The molecule has 0 aliphatic heterocycles. The zero-order chi connectivity index (χ0) is 13.7. The van der Waals surface area contributed by atoms with E-state index in [0.29, 0.717) is 11.8 Å². The van der Waals surface area contributed by atoms with Gasteiger partial charge in [-0.15, -0.1) is 0 Å². The standard InChI is InChI=1S/C14H17F2NOS/c15-10-5-6-12(13(16)9-10)14(18)17-7-8-19-11-3-1-2-4-11/h5-6,9,11H,1-4,7-8H2,(H,17,18). The van der Waals surface area contributed by atoms with E-state index < -0.39 is 17.5 Å². The van der Waals surface area contributed by atoms with E-state index >= 15 is 0 Å². The van der Waals surface area contributed by atoms with Crippen molar-refractivity contribution in [3.05, 3.63) is 35.4 Å². The smallest absolute Gasteiger partial charge is 0.254 e. The summed E-state index contributed by atoms with van der Waals surface area (Å²) in [4.78, 5) is 11.7. The fourth-order valence-electron chi connectivity index (χ4n) is 2.21. The minimum absolute atomic E-state index is 0.104. The van der Waals surface area contributed by atoms with Crippen LogP contribution in [0.4, 0.5) is 8.78 Å². The summed E-state index contributed by atoms with van der Waals surface area (Å²) in [6.07, 6.45) is 5.10. The molecule has 0 radical (unpaired) electrons. The second-order valence-corrected chi connectivity index (χ2v) is 6.07. The average Bonchev–Trinajstić information content (AvgIpc) is 2.87. The monoisotopic (exact) mass is 285 g/mol. The molecular formula is C14H17F2NOS. The molecule has 0 bridgehead atoms. The quantitative estimate of drug-likeness (QED) is 0.840. The molecule has 2 nitrogen and oxygen atoms in total. The topological polar surface area (TPSA) is 29.1 Å². The molecule has 0 saturated heterocycles. The average molecular weight is 285 g/mol. The minimum atomic E-state index is -0.819. The highest BCUT2D eigenvalue weighted by Gasteiger charge is 2.15. The van der Waals surface area contributed by atoms with E-state index in [4.69, 9.17) is 0 Å². The number of halogens is 2. The summed E-state index contributed by atoms with van der Waals surface area (Å²) in [6.45, 7) is 0.511. The summed E-state index contributed by atoms with van der Waals surface area (Å²) in [5.41, 5.74) is -0.104. The lowest BCUT2D eigenvalue weighted by atomic mass is 10.2. The summed E-state index contributed by atoms with van der Waals surface area (Å²) in [5, 5.41) is 3.37. The normalized spacial score (nSPS) is 15.7. The van der Waals surface area contributed by atoms with Gasteiger partial charge in [-0.05, 0) is 25.0 Å². The van der Waals surface area contributed by atoms with Crippen LogP contribution in [0.2, 0.25) is 0 Å². The van der Waals surface area contributed by atoms with Gasteiger partial charge in [0.05, 0.1) is 5.56 Å². The highest BCUT2D eigenvalue weighted by Crippen LogP contribution is 2.28. The third-order valence-corrected chi connectivity index (χ3v) is 4.60. The van der Waals surface area contributed by atoms with Crippen molar-refractivity contribution in [2.24, 2.45) is 0 Å². The number of rotatable bonds is 5. The van der Waals surface area contributed by atoms with Crippen molar-refractivity contribution >= 4 is 17.7 Å². The molecule has 0 atom stereocenters. The lowest BCUT2D eigenvalue weighted by Crippen LogP contribution is -2.27.